The van der Waals surface area contributed by atoms with E-state index in [-0.39, 0.29) is 0 Å². The highest BCUT2D eigenvalue weighted by Gasteiger charge is 2.19. The summed E-state index contributed by atoms with van der Waals surface area (Å²) in [5.74, 6) is 0. The molecule has 0 amide bonds. The minimum atomic E-state index is 0.337. The first-order valence-corrected chi connectivity index (χ1v) is 8.78. The Bertz CT molecular complexity index is 194. The molecule has 0 saturated heterocycles. The lowest BCUT2D eigenvalue weighted by Gasteiger charge is -2.28. The molecule has 0 saturated carbocycles. The van der Waals surface area contributed by atoms with Crippen molar-refractivity contribution in [3.63, 3.8) is 0 Å². The average molecular weight is 286 g/mol. The molecule has 0 bridgehead atoms. The summed E-state index contributed by atoms with van der Waals surface area (Å²) in [7, 11) is 1.79. The Morgan fingerprint density at radius 2 is 1.50 bits per heavy atom. The Morgan fingerprint density at radius 1 is 0.950 bits per heavy atom. The van der Waals surface area contributed by atoms with Crippen LogP contribution in [0.1, 0.15) is 85.5 Å². The summed E-state index contributed by atoms with van der Waals surface area (Å²) in [5, 5.41) is 3.83. The molecule has 2 heteroatoms. The maximum absolute atomic E-state index is 5.22. The van der Waals surface area contributed by atoms with E-state index in [2.05, 4.69) is 33.0 Å². The number of unbranched alkanes of at least 4 members (excludes halogenated alkanes) is 4. The number of ether oxygens (including phenoxy) is 1. The lowest BCUT2D eigenvalue weighted by atomic mass is 9.89. The van der Waals surface area contributed by atoms with Crippen molar-refractivity contribution in [2.45, 2.75) is 91.5 Å². The Hall–Kier alpha value is -0.0800. The highest BCUT2D eigenvalue weighted by Crippen LogP contribution is 2.20. The highest BCUT2D eigenvalue weighted by atomic mass is 16.5. The standard InChI is InChI=1S/C18H39NO/c1-6-8-10-12-17(13-11-9-7-2)19-16-18(3,4)14-15-20-5/h17,19H,6-16H2,1-5H3. The van der Waals surface area contributed by atoms with E-state index in [0.29, 0.717) is 5.41 Å². The minimum absolute atomic E-state index is 0.337. The molecule has 20 heavy (non-hydrogen) atoms. The molecule has 0 radical (unpaired) electrons. The van der Waals surface area contributed by atoms with E-state index in [1.54, 1.807) is 7.11 Å². The summed E-state index contributed by atoms with van der Waals surface area (Å²) in [5.41, 5.74) is 0.337. The normalized spacial score (nSPS) is 12.3. The molecule has 0 spiro atoms. The second kappa shape index (κ2) is 12.6. The molecule has 0 aliphatic rings. The van der Waals surface area contributed by atoms with Crippen molar-refractivity contribution < 1.29 is 4.74 Å². The van der Waals surface area contributed by atoms with E-state index in [1.807, 2.05) is 0 Å². The van der Waals surface area contributed by atoms with Crippen LogP contribution < -0.4 is 5.32 Å². The molecule has 0 aliphatic carbocycles. The predicted molar refractivity (Wildman–Crippen MR) is 90.3 cm³/mol. The van der Waals surface area contributed by atoms with Gasteiger partial charge in [0.1, 0.15) is 0 Å². The van der Waals surface area contributed by atoms with E-state index < -0.39 is 0 Å². The molecule has 0 fully saturated rings. The van der Waals surface area contributed by atoms with Gasteiger partial charge in [-0.25, -0.2) is 0 Å². The predicted octanol–water partition coefficient (Wildman–Crippen LogP) is 5.17. The van der Waals surface area contributed by atoms with Gasteiger partial charge in [-0.15, -0.1) is 0 Å². The van der Waals surface area contributed by atoms with Crippen molar-refractivity contribution in [3.05, 3.63) is 0 Å². The summed E-state index contributed by atoms with van der Waals surface area (Å²) in [6.45, 7) is 11.2. The van der Waals surface area contributed by atoms with Crippen molar-refractivity contribution in [1.82, 2.24) is 5.32 Å². The number of hydrogen-bond acceptors (Lipinski definition) is 2. The van der Waals surface area contributed by atoms with Crippen LogP contribution in [0.25, 0.3) is 0 Å². The van der Waals surface area contributed by atoms with E-state index in [0.717, 1.165) is 25.6 Å². The Labute approximate surface area is 128 Å². The summed E-state index contributed by atoms with van der Waals surface area (Å²) < 4.78 is 5.22. The Balaban J connectivity index is 4.04. The molecule has 1 N–H and O–H groups in total. The molecular weight excluding hydrogens is 246 g/mol. The van der Waals surface area contributed by atoms with Gasteiger partial charge in [0.25, 0.3) is 0 Å². The van der Waals surface area contributed by atoms with E-state index >= 15 is 0 Å². The van der Waals surface area contributed by atoms with Crippen LogP contribution >= 0.6 is 0 Å². The topological polar surface area (TPSA) is 21.3 Å². The number of nitrogens with one attached hydrogen (secondary N) is 1. The fourth-order valence-electron chi connectivity index (χ4n) is 2.52. The SMILES string of the molecule is CCCCCC(CCCCC)NCC(C)(C)CCOC. The molecule has 2 nitrogen and oxygen atoms in total. The zero-order valence-electron chi connectivity index (χ0n) is 14.8. The lowest BCUT2D eigenvalue weighted by molar-refractivity contribution is 0.148. The van der Waals surface area contributed by atoms with E-state index in [4.69, 9.17) is 4.74 Å². The van der Waals surface area contributed by atoms with Crippen molar-refractivity contribution >= 4 is 0 Å². The highest BCUT2D eigenvalue weighted by molar-refractivity contribution is 4.76. The van der Waals surface area contributed by atoms with Crippen LogP contribution in [-0.2, 0) is 4.74 Å². The first kappa shape index (κ1) is 19.9. The van der Waals surface area contributed by atoms with Gasteiger partial charge in [0, 0.05) is 26.3 Å². The van der Waals surface area contributed by atoms with Crippen LogP contribution in [0.3, 0.4) is 0 Å². The van der Waals surface area contributed by atoms with Crippen LogP contribution in [0.5, 0.6) is 0 Å². The van der Waals surface area contributed by atoms with Gasteiger partial charge in [-0.3, -0.25) is 0 Å². The van der Waals surface area contributed by atoms with Crippen molar-refractivity contribution in [3.8, 4) is 0 Å². The van der Waals surface area contributed by atoms with Crippen LogP contribution in [0.2, 0.25) is 0 Å². The van der Waals surface area contributed by atoms with Crippen LogP contribution in [0.15, 0.2) is 0 Å². The molecule has 0 unspecified atom stereocenters. The summed E-state index contributed by atoms with van der Waals surface area (Å²) in [6, 6.07) is 0.718. The van der Waals surface area contributed by atoms with Gasteiger partial charge in [0.2, 0.25) is 0 Å². The smallest absolute Gasteiger partial charge is 0.0467 e. The summed E-state index contributed by atoms with van der Waals surface area (Å²) in [6.07, 6.45) is 12.0. The van der Waals surface area contributed by atoms with Gasteiger partial charge in [-0.2, -0.15) is 0 Å². The first-order chi connectivity index (χ1) is 9.55. The van der Waals surface area contributed by atoms with E-state index in [9.17, 15) is 0 Å². The Morgan fingerprint density at radius 3 is 1.95 bits per heavy atom. The third kappa shape index (κ3) is 11.7. The van der Waals surface area contributed by atoms with Crippen LogP contribution in [0.4, 0.5) is 0 Å². The Kier molecular flexibility index (Phi) is 12.6. The minimum Gasteiger partial charge on any atom is -0.385 e. The van der Waals surface area contributed by atoms with Gasteiger partial charge in [-0.1, -0.05) is 66.2 Å². The molecule has 0 aromatic heterocycles. The molecule has 0 atom stereocenters. The zero-order chi connectivity index (χ0) is 15.3. The quantitative estimate of drug-likeness (QED) is 0.445. The van der Waals surface area contributed by atoms with Gasteiger partial charge in [0.15, 0.2) is 0 Å². The van der Waals surface area contributed by atoms with Crippen molar-refractivity contribution in [2.24, 2.45) is 5.41 Å². The largest absolute Gasteiger partial charge is 0.385 e. The van der Waals surface area contributed by atoms with Crippen molar-refractivity contribution in [1.29, 1.82) is 0 Å². The van der Waals surface area contributed by atoms with Gasteiger partial charge >= 0.3 is 0 Å². The molecule has 0 heterocycles. The fraction of sp³-hybridized carbons (Fsp3) is 1.00. The van der Waals surface area contributed by atoms with Crippen molar-refractivity contribution in [2.75, 3.05) is 20.3 Å². The second-order valence-electron chi connectivity index (χ2n) is 6.98. The summed E-state index contributed by atoms with van der Waals surface area (Å²) in [4.78, 5) is 0. The molecule has 0 aliphatic heterocycles. The zero-order valence-corrected chi connectivity index (χ0v) is 14.8. The van der Waals surface area contributed by atoms with Crippen LogP contribution in [-0.4, -0.2) is 26.3 Å². The second-order valence-corrected chi connectivity index (χ2v) is 6.98. The monoisotopic (exact) mass is 285 g/mol. The first-order valence-electron chi connectivity index (χ1n) is 8.78. The fourth-order valence-corrected chi connectivity index (χ4v) is 2.52. The number of rotatable bonds is 14. The molecule has 122 valence electrons. The summed E-state index contributed by atoms with van der Waals surface area (Å²) >= 11 is 0. The molecule has 0 aromatic carbocycles. The molecular formula is C18H39NO. The number of hydrogen-bond donors (Lipinski definition) is 1. The maximum atomic E-state index is 5.22. The van der Waals surface area contributed by atoms with Crippen LogP contribution in [0, 0.1) is 5.41 Å². The maximum Gasteiger partial charge on any atom is 0.0467 e. The molecule has 0 aromatic rings. The average Bonchev–Trinajstić information content (AvgIpc) is 2.42. The lowest BCUT2D eigenvalue weighted by Crippen LogP contribution is -2.37. The van der Waals surface area contributed by atoms with Gasteiger partial charge < -0.3 is 10.1 Å². The number of methoxy groups -OCH3 is 1. The third-order valence-corrected chi connectivity index (χ3v) is 4.16. The third-order valence-electron chi connectivity index (χ3n) is 4.16. The molecule has 0 rings (SSSR count). The van der Waals surface area contributed by atoms with Gasteiger partial charge in [-0.05, 0) is 24.7 Å². The van der Waals surface area contributed by atoms with Gasteiger partial charge in [0.05, 0.1) is 0 Å². The van der Waals surface area contributed by atoms with E-state index in [1.165, 1.54) is 51.4 Å².